The molecule has 1 aromatic heterocycles. The summed E-state index contributed by atoms with van der Waals surface area (Å²) >= 11 is 0. The van der Waals surface area contributed by atoms with Crippen LogP contribution in [0.1, 0.15) is 23.4 Å². The first-order valence-corrected chi connectivity index (χ1v) is 7.50. The molecular weight excluding hydrogens is 270 g/mol. The van der Waals surface area contributed by atoms with Crippen molar-refractivity contribution in [2.45, 2.75) is 12.8 Å². The number of rotatable bonds is 3. The summed E-state index contributed by atoms with van der Waals surface area (Å²) in [5, 5.41) is 0. The van der Waals surface area contributed by atoms with Crippen molar-refractivity contribution in [3.8, 4) is 0 Å². The van der Waals surface area contributed by atoms with Crippen molar-refractivity contribution in [3.05, 3.63) is 18.4 Å². The Morgan fingerprint density at radius 3 is 2.90 bits per heavy atom. The standard InChI is InChI=1S/C15H23N3O3/c1-17-8-12(9-20-2)15(10-17)3-5-18(6-4-15)14(19)13-7-16-11-21-13/h7,11-12H,3-6,8-10H2,1-2H3. The molecule has 0 N–H and O–H groups in total. The van der Waals surface area contributed by atoms with Crippen LogP contribution in [-0.2, 0) is 4.74 Å². The number of hydrogen-bond acceptors (Lipinski definition) is 5. The number of hydrogen-bond donors (Lipinski definition) is 0. The van der Waals surface area contributed by atoms with Crippen molar-refractivity contribution in [2.75, 3.05) is 46.9 Å². The number of nitrogens with zero attached hydrogens (tertiary/aromatic N) is 3. The fourth-order valence-corrected chi connectivity index (χ4v) is 3.93. The van der Waals surface area contributed by atoms with Gasteiger partial charge in [0.2, 0.25) is 5.76 Å². The molecule has 6 nitrogen and oxygen atoms in total. The summed E-state index contributed by atoms with van der Waals surface area (Å²) in [6.45, 7) is 4.57. The van der Waals surface area contributed by atoms with Gasteiger partial charge in [-0.1, -0.05) is 0 Å². The lowest BCUT2D eigenvalue weighted by Crippen LogP contribution is -2.47. The summed E-state index contributed by atoms with van der Waals surface area (Å²) in [5.41, 5.74) is 0.295. The zero-order valence-electron chi connectivity index (χ0n) is 12.7. The van der Waals surface area contributed by atoms with Gasteiger partial charge in [-0.05, 0) is 25.3 Å². The van der Waals surface area contributed by atoms with Crippen LogP contribution in [0.3, 0.4) is 0 Å². The summed E-state index contributed by atoms with van der Waals surface area (Å²) in [6, 6.07) is 0. The van der Waals surface area contributed by atoms with Crippen molar-refractivity contribution in [2.24, 2.45) is 11.3 Å². The van der Waals surface area contributed by atoms with E-state index in [2.05, 4.69) is 16.9 Å². The number of aromatic nitrogens is 1. The average Bonchev–Trinajstić information content (AvgIpc) is 3.09. The second-order valence-electron chi connectivity index (χ2n) is 6.37. The van der Waals surface area contributed by atoms with Gasteiger partial charge >= 0.3 is 0 Å². The first-order chi connectivity index (χ1) is 10.1. The Bertz CT molecular complexity index is 480. The average molecular weight is 293 g/mol. The number of carbonyl (C=O) groups is 1. The molecule has 0 saturated carbocycles. The molecular formula is C15H23N3O3. The van der Waals surface area contributed by atoms with Crippen molar-refractivity contribution < 1.29 is 13.9 Å². The second kappa shape index (κ2) is 5.77. The topological polar surface area (TPSA) is 58.8 Å². The van der Waals surface area contributed by atoms with Gasteiger partial charge in [-0.15, -0.1) is 0 Å². The molecule has 1 atom stereocenters. The van der Waals surface area contributed by atoms with Gasteiger partial charge in [-0.3, -0.25) is 4.79 Å². The number of amides is 1. The normalized spacial score (nSPS) is 25.6. The molecule has 0 aromatic carbocycles. The zero-order valence-corrected chi connectivity index (χ0v) is 12.7. The number of carbonyl (C=O) groups excluding carboxylic acids is 1. The summed E-state index contributed by atoms with van der Waals surface area (Å²) in [5.74, 6) is 0.856. The molecule has 1 spiro atoms. The lowest BCUT2D eigenvalue weighted by atomic mass is 9.71. The molecule has 1 aromatic rings. The van der Waals surface area contributed by atoms with E-state index in [4.69, 9.17) is 9.15 Å². The van der Waals surface area contributed by atoms with Crippen LogP contribution in [0.4, 0.5) is 0 Å². The maximum absolute atomic E-state index is 12.3. The van der Waals surface area contributed by atoms with Crippen LogP contribution in [-0.4, -0.2) is 67.6 Å². The Kier molecular flexibility index (Phi) is 3.99. The molecule has 2 aliphatic rings. The number of piperidine rings is 1. The van der Waals surface area contributed by atoms with E-state index >= 15 is 0 Å². The molecule has 2 saturated heterocycles. The van der Waals surface area contributed by atoms with Crippen molar-refractivity contribution in [1.29, 1.82) is 0 Å². The minimum absolute atomic E-state index is 0.0445. The lowest BCUT2D eigenvalue weighted by molar-refractivity contribution is 0.0309. The molecule has 2 fully saturated rings. The first-order valence-electron chi connectivity index (χ1n) is 7.50. The number of likely N-dealkylation sites (tertiary alicyclic amines) is 2. The van der Waals surface area contributed by atoms with Crippen molar-refractivity contribution in [1.82, 2.24) is 14.8 Å². The van der Waals surface area contributed by atoms with E-state index in [1.807, 2.05) is 4.90 Å². The molecule has 1 unspecified atom stereocenters. The molecule has 0 aliphatic carbocycles. The maximum Gasteiger partial charge on any atom is 0.291 e. The van der Waals surface area contributed by atoms with Crippen LogP contribution in [0.5, 0.6) is 0 Å². The van der Waals surface area contributed by atoms with Gasteiger partial charge in [0.1, 0.15) is 0 Å². The molecule has 1 amide bonds. The molecule has 2 aliphatic heterocycles. The third-order valence-electron chi connectivity index (χ3n) is 5.04. The third kappa shape index (κ3) is 2.70. The van der Waals surface area contributed by atoms with E-state index in [-0.39, 0.29) is 5.91 Å². The first kappa shape index (κ1) is 14.5. The van der Waals surface area contributed by atoms with Crippen LogP contribution in [0.25, 0.3) is 0 Å². The van der Waals surface area contributed by atoms with Crippen LogP contribution >= 0.6 is 0 Å². The highest BCUT2D eigenvalue weighted by molar-refractivity contribution is 5.91. The van der Waals surface area contributed by atoms with Gasteiger partial charge in [0, 0.05) is 39.2 Å². The Labute approximate surface area is 125 Å². The highest BCUT2D eigenvalue weighted by atomic mass is 16.5. The lowest BCUT2D eigenvalue weighted by Gasteiger charge is -2.42. The fraction of sp³-hybridized carbons (Fsp3) is 0.733. The van der Waals surface area contributed by atoms with E-state index < -0.39 is 0 Å². The van der Waals surface area contributed by atoms with Gasteiger partial charge in [0.05, 0.1) is 12.8 Å². The predicted molar refractivity (Wildman–Crippen MR) is 76.9 cm³/mol. The van der Waals surface area contributed by atoms with Gasteiger partial charge in [0.15, 0.2) is 6.39 Å². The molecule has 3 rings (SSSR count). The number of methoxy groups -OCH3 is 1. The van der Waals surface area contributed by atoms with E-state index in [1.54, 1.807) is 7.11 Å². The summed E-state index contributed by atoms with van der Waals surface area (Å²) in [6.07, 6.45) is 4.86. The van der Waals surface area contributed by atoms with Crippen molar-refractivity contribution >= 4 is 5.91 Å². The highest BCUT2D eigenvalue weighted by Crippen LogP contribution is 2.44. The minimum atomic E-state index is -0.0445. The minimum Gasteiger partial charge on any atom is -0.438 e. The summed E-state index contributed by atoms with van der Waals surface area (Å²) < 4.78 is 10.5. The Hall–Kier alpha value is -1.40. The van der Waals surface area contributed by atoms with Gasteiger partial charge < -0.3 is 19.0 Å². The molecule has 3 heterocycles. The summed E-state index contributed by atoms with van der Waals surface area (Å²) in [7, 11) is 3.94. The summed E-state index contributed by atoms with van der Waals surface area (Å²) in [4.78, 5) is 20.4. The van der Waals surface area contributed by atoms with Crippen molar-refractivity contribution in [3.63, 3.8) is 0 Å². The van der Waals surface area contributed by atoms with E-state index in [1.165, 1.54) is 12.6 Å². The largest absolute Gasteiger partial charge is 0.438 e. The molecule has 21 heavy (non-hydrogen) atoms. The predicted octanol–water partition coefficient (Wildman–Crippen LogP) is 1.10. The Morgan fingerprint density at radius 2 is 2.29 bits per heavy atom. The van der Waals surface area contributed by atoms with Crippen LogP contribution < -0.4 is 0 Å². The molecule has 116 valence electrons. The van der Waals surface area contributed by atoms with Crippen LogP contribution in [0.2, 0.25) is 0 Å². The number of oxazole rings is 1. The number of ether oxygens (including phenoxy) is 1. The van der Waals surface area contributed by atoms with E-state index in [0.717, 1.165) is 45.6 Å². The SMILES string of the molecule is COCC1CN(C)CC12CCN(C(=O)c1cnco1)CC2. The third-order valence-corrected chi connectivity index (χ3v) is 5.04. The molecule has 0 radical (unpaired) electrons. The van der Waals surface area contributed by atoms with Gasteiger partial charge in [-0.2, -0.15) is 0 Å². The van der Waals surface area contributed by atoms with Crippen LogP contribution in [0, 0.1) is 11.3 Å². The van der Waals surface area contributed by atoms with Crippen LogP contribution in [0.15, 0.2) is 17.0 Å². The Morgan fingerprint density at radius 1 is 1.52 bits per heavy atom. The maximum atomic E-state index is 12.3. The zero-order chi connectivity index (χ0) is 14.9. The van der Waals surface area contributed by atoms with E-state index in [0.29, 0.717) is 17.1 Å². The van der Waals surface area contributed by atoms with E-state index in [9.17, 15) is 4.79 Å². The second-order valence-corrected chi connectivity index (χ2v) is 6.37. The van der Waals surface area contributed by atoms with Gasteiger partial charge in [-0.25, -0.2) is 4.98 Å². The smallest absolute Gasteiger partial charge is 0.291 e. The molecule has 0 bridgehead atoms. The monoisotopic (exact) mass is 293 g/mol. The Balaban J connectivity index is 1.65. The van der Waals surface area contributed by atoms with Gasteiger partial charge in [0.25, 0.3) is 5.91 Å². The highest BCUT2D eigenvalue weighted by Gasteiger charge is 2.47. The quantitative estimate of drug-likeness (QED) is 0.835. The molecule has 6 heteroatoms. The fourth-order valence-electron chi connectivity index (χ4n) is 3.93.